The summed E-state index contributed by atoms with van der Waals surface area (Å²) in [6, 6.07) is 4.59. The summed E-state index contributed by atoms with van der Waals surface area (Å²) in [7, 11) is 0. The van der Waals surface area contributed by atoms with Crippen LogP contribution in [0.2, 0.25) is 4.34 Å². The van der Waals surface area contributed by atoms with Crippen molar-refractivity contribution in [1.29, 1.82) is 0 Å². The molecule has 0 aromatic carbocycles. The zero-order chi connectivity index (χ0) is 24.4. The predicted molar refractivity (Wildman–Crippen MR) is 126 cm³/mol. The molecule has 1 saturated heterocycles. The average molecular weight is 524 g/mol. The lowest BCUT2D eigenvalue weighted by Crippen LogP contribution is -2.71. The number of rotatable bonds is 8. The summed E-state index contributed by atoms with van der Waals surface area (Å²) in [5.74, 6) is -2.07. The third-order valence-corrected chi connectivity index (χ3v) is 7.44. The number of fused-ring (bicyclic) bond motifs is 1. The lowest BCUT2D eigenvalue weighted by Gasteiger charge is -2.49. The first-order valence-corrected chi connectivity index (χ1v) is 12.3. The third-order valence-electron chi connectivity index (χ3n) is 5.01. The molecule has 2 aliphatic heterocycles. The molecule has 1 fully saturated rings. The molecule has 4 heterocycles. The number of thioether (sulfide) groups is 1. The fourth-order valence-corrected chi connectivity index (χ4v) is 5.82. The SMILES string of the molecule is CCO/N=C(\C(=O)NC1C(=O)N2C(C(=O)O)=C(C[n+]3ccccc3)CS[C@H]12)c1nc(N)sc1Cl. The second-order valence-corrected chi connectivity index (χ2v) is 9.94. The van der Waals surface area contributed by atoms with Gasteiger partial charge in [0.05, 0.1) is 0 Å². The number of amides is 2. The summed E-state index contributed by atoms with van der Waals surface area (Å²) in [5, 5.41) is 15.8. The Labute approximate surface area is 207 Å². The molecule has 0 bridgehead atoms. The van der Waals surface area contributed by atoms with E-state index in [2.05, 4.69) is 15.5 Å². The van der Waals surface area contributed by atoms with Crippen molar-refractivity contribution in [1.82, 2.24) is 15.2 Å². The minimum Gasteiger partial charge on any atom is -0.477 e. The number of anilines is 1. The van der Waals surface area contributed by atoms with Crippen molar-refractivity contribution in [3.05, 3.63) is 51.9 Å². The lowest BCUT2D eigenvalue weighted by atomic mass is 10.0. The van der Waals surface area contributed by atoms with Gasteiger partial charge < -0.3 is 21.0 Å². The van der Waals surface area contributed by atoms with Crippen molar-refractivity contribution < 1.29 is 28.9 Å². The van der Waals surface area contributed by atoms with E-state index in [0.29, 0.717) is 17.9 Å². The standard InChI is InChI=1S/C20H19ClN6O5S2/c1-2-32-25-12(11-15(21)34-20(22)24-11)16(28)23-13-17(29)27-14(19(30)31)10(9-33-18(13)27)8-26-6-4-3-5-7-26/h3-7,13,18H,2,8-9H2,1H3,(H3-,22,23,24,28,30,31)/p+1/b25-12-/t13?,18-/m1/s1. The molecule has 2 aromatic heterocycles. The van der Waals surface area contributed by atoms with Gasteiger partial charge in [0.15, 0.2) is 29.8 Å². The number of carbonyl (C=O) groups is 3. The number of aliphatic carboxylic acids is 1. The molecule has 178 valence electrons. The van der Waals surface area contributed by atoms with Gasteiger partial charge in [-0.05, 0) is 6.92 Å². The third kappa shape index (κ3) is 4.58. The smallest absolute Gasteiger partial charge is 0.352 e. The number of nitrogens with one attached hydrogen (secondary N) is 1. The number of oxime groups is 1. The van der Waals surface area contributed by atoms with E-state index >= 15 is 0 Å². The molecule has 2 atom stereocenters. The number of aromatic nitrogens is 2. The van der Waals surface area contributed by atoms with Crippen molar-refractivity contribution in [2.45, 2.75) is 24.9 Å². The fourth-order valence-electron chi connectivity index (χ4n) is 3.56. The molecule has 1 unspecified atom stereocenters. The Morgan fingerprint density at radius 1 is 1.41 bits per heavy atom. The van der Waals surface area contributed by atoms with Crippen molar-refractivity contribution in [3.8, 4) is 0 Å². The molecule has 0 spiro atoms. The highest BCUT2D eigenvalue weighted by molar-refractivity contribution is 8.00. The van der Waals surface area contributed by atoms with Crippen LogP contribution in [0.4, 0.5) is 5.13 Å². The maximum atomic E-state index is 13.0. The van der Waals surface area contributed by atoms with Gasteiger partial charge in [-0.1, -0.05) is 34.2 Å². The van der Waals surface area contributed by atoms with Gasteiger partial charge in [0.25, 0.3) is 11.8 Å². The van der Waals surface area contributed by atoms with Gasteiger partial charge in [-0.15, -0.1) is 11.8 Å². The van der Waals surface area contributed by atoms with E-state index in [9.17, 15) is 19.5 Å². The largest absolute Gasteiger partial charge is 0.477 e. The summed E-state index contributed by atoms with van der Waals surface area (Å²) < 4.78 is 1.99. The maximum absolute atomic E-state index is 13.0. The second-order valence-electron chi connectivity index (χ2n) is 7.20. The molecule has 0 radical (unpaired) electrons. The molecule has 14 heteroatoms. The van der Waals surface area contributed by atoms with Gasteiger partial charge in [0.1, 0.15) is 33.7 Å². The van der Waals surface area contributed by atoms with Crippen LogP contribution in [0.25, 0.3) is 0 Å². The van der Waals surface area contributed by atoms with Crippen LogP contribution in [0, 0.1) is 0 Å². The van der Waals surface area contributed by atoms with Gasteiger partial charge in [-0.25, -0.2) is 14.3 Å². The Kier molecular flexibility index (Phi) is 7.05. The predicted octanol–water partition coefficient (Wildman–Crippen LogP) is 0.846. The number of nitrogen functional groups attached to an aromatic ring is 1. The number of halogens is 1. The van der Waals surface area contributed by atoms with E-state index in [1.165, 1.54) is 16.7 Å². The van der Waals surface area contributed by atoms with Crippen LogP contribution in [0.3, 0.4) is 0 Å². The van der Waals surface area contributed by atoms with Crippen LogP contribution < -0.4 is 15.6 Å². The lowest BCUT2D eigenvalue weighted by molar-refractivity contribution is -0.689. The highest BCUT2D eigenvalue weighted by Gasteiger charge is 2.54. The van der Waals surface area contributed by atoms with Crippen LogP contribution in [-0.2, 0) is 25.8 Å². The summed E-state index contributed by atoms with van der Waals surface area (Å²) in [6.45, 7) is 2.21. The maximum Gasteiger partial charge on any atom is 0.352 e. The first-order chi connectivity index (χ1) is 16.3. The Balaban J connectivity index is 1.55. The Morgan fingerprint density at radius 3 is 2.76 bits per heavy atom. The monoisotopic (exact) mass is 523 g/mol. The van der Waals surface area contributed by atoms with Crippen LogP contribution in [-0.4, -0.2) is 62.3 Å². The number of carbonyl (C=O) groups excluding carboxylic acids is 2. The van der Waals surface area contributed by atoms with Gasteiger partial charge >= 0.3 is 5.97 Å². The minimum absolute atomic E-state index is 0.0448. The summed E-state index contributed by atoms with van der Waals surface area (Å²) in [6.07, 6.45) is 3.64. The molecular formula is C20H20ClN6O5S2+. The van der Waals surface area contributed by atoms with E-state index in [1.807, 2.05) is 35.2 Å². The van der Waals surface area contributed by atoms with Crippen LogP contribution in [0.5, 0.6) is 0 Å². The Hall–Kier alpha value is -3.16. The first-order valence-electron chi connectivity index (χ1n) is 10.1. The quantitative estimate of drug-likeness (QED) is 0.199. The number of pyridine rings is 1. The normalized spacial score (nSPS) is 20.0. The number of nitrogens with zero attached hydrogens (tertiary/aromatic N) is 4. The van der Waals surface area contributed by atoms with E-state index in [0.717, 1.165) is 11.3 Å². The van der Waals surface area contributed by atoms with Crippen LogP contribution >= 0.6 is 34.7 Å². The number of nitrogens with two attached hydrogens (primary N) is 1. The number of β-lactam (4-membered cyclic amide) rings is 1. The Bertz CT molecular complexity index is 1200. The number of carboxylic acids is 1. The van der Waals surface area contributed by atoms with Crippen molar-refractivity contribution in [2.75, 3.05) is 18.1 Å². The number of hydrogen-bond acceptors (Lipinski definition) is 9. The van der Waals surface area contributed by atoms with Gasteiger partial charge in [-0.2, -0.15) is 0 Å². The first kappa shape index (κ1) is 24.0. The molecule has 4 N–H and O–H groups in total. The highest BCUT2D eigenvalue weighted by atomic mass is 35.5. The van der Waals surface area contributed by atoms with Gasteiger partial charge in [-0.3, -0.25) is 14.5 Å². The Morgan fingerprint density at radius 2 is 2.15 bits per heavy atom. The summed E-state index contributed by atoms with van der Waals surface area (Å²) in [4.78, 5) is 48.2. The van der Waals surface area contributed by atoms with E-state index in [-0.39, 0.29) is 33.2 Å². The fraction of sp³-hybridized carbons (Fsp3) is 0.300. The molecule has 0 aliphatic carbocycles. The van der Waals surface area contributed by atoms with Gasteiger partial charge in [0, 0.05) is 23.5 Å². The van der Waals surface area contributed by atoms with Crippen LogP contribution in [0.1, 0.15) is 12.6 Å². The average Bonchev–Trinajstić information content (AvgIpc) is 3.15. The zero-order valence-corrected chi connectivity index (χ0v) is 20.2. The van der Waals surface area contributed by atoms with Crippen LogP contribution in [0.15, 0.2) is 47.0 Å². The topological polar surface area (TPSA) is 151 Å². The highest BCUT2D eigenvalue weighted by Crippen LogP contribution is 2.40. The van der Waals surface area contributed by atoms with E-state index < -0.39 is 29.2 Å². The number of thiazole rings is 1. The molecule has 2 aromatic rings. The molecule has 0 saturated carbocycles. The molecule has 34 heavy (non-hydrogen) atoms. The summed E-state index contributed by atoms with van der Waals surface area (Å²) in [5.41, 5.74) is 6.04. The molecule has 2 amide bonds. The van der Waals surface area contributed by atoms with Crippen molar-refractivity contribution in [2.24, 2.45) is 5.16 Å². The zero-order valence-electron chi connectivity index (χ0n) is 17.8. The van der Waals surface area contributed by atoms with E-state index in [1.54, 1.807) is 6.92 Å². The van der Waals surface area contributed by atoms with Crippen molar-refractivity contribution >= 4 is 63.3 Å². The summed E-state index contributed by atoms with van der Waals surface area (Å²) >= 11 is 8.48. The second kappa shape index (κ2) is 9.99. The van der Waals surface area contributed by atoms with Crippen molar-refractivity contribution in [3.63, 3.8) is 0 Å². The van der Waals surface area contributed by atoms with Gasteiger partial charge in [0.2, 0.25) is 0 Å². The number of hydrogen-bond donors (Lipinski definition) is 3. The molecular weight excluding hydrogens is 504 g/mol. The van der Waals surface area contributed by atoms with E-state index in [4.69, 9.17) is 22.2 Å². The molecule has 11 nitrogen and oxygen atoms in total. The molecule has 2 aliphatic rings. The molecule has 4 rings (SSSR count). The number of carboxylic acid groups (broad SMARTS) is 1. The minimum atomic E-state index is -1.20.